The third kappa shape index (κ3) is 2.72. The Balaban J connectivity index is 1.79. The van der Waals surface area contributed by atoms with Gasteiger partial charge in [0.15, 0.2) is 0 Å². The highest BCUT2D eigenvalue weighted by Gasteiger charge is 2.12. The smallest absolute Gasteiger partial charge is 0.251 e. The van der Waals surface area contributed by atoms with Crippen LogP contribution in [0, 0.1) is 0 Å². The Morgan fingerprint density at radius 3 is 2.95 bits per heavy atom. The highest BCUT2D eigenvalue weighted by atomic mass is 16.3. The Morgan fingerprint density at radius 1 is 1.29 bits per heavy atom. The summed E-state index contributed by atoms with van der Waals surface area (Å²) < 4.78 is 0. The van der Waals surface area contributed by atoms with Crippen LogP contribution in [0.3, 0.4) is 0 Å². The Hall–Kier alpha value is -2.82. The second-order valence-electron chi connectivity index (χ2n) is 4.92. The maximum absolute atomic E-state index is 12.3. The highest BCUT2D eigenvalue weighted by molar-refractivity contribution is 5.97. The summed E-state index contributed by atoms with van der Waals surface area (Å²) in [6, 6.07) is 12.0. The van der Waals surface area contributed by atoms with Crippen LogP contribution in [0.4, 0.5) is 0 Å². The number of carbonyl (C=O) groups is 1. The molecule has 106 valence electrons. The van der Waals surface area contributed by atoms with Gasteiger partial charge in [0.05, 0.1) is 23.4 Å². The molecule has 5 nitrogen and oxygen atoms in total. The number of H-pyrrole nitrogens is 1. The number of aromatic amines is 1. The van der Waals surface area contributed by atoms with Crippen molar-refractivity contribution in [3.8, 4) is 5.75 Å². The standard InChI is InChI=1S/C16H15N3O2/c1-10(11-3-2-4-13(20)7-11)19-16(21)12-5-6-14-15(8-12)18-9-17-14/h2-10,20H,1H3,(H,17,18)(H,19,21). The summed E-state index contributed by atoms with van der Waals surface area (Å²) in [7, 11) is 0. The van der Waals surface area contributed by atoms with Crippen LogP contribution in [0.5, 0.6) is 5.75 Å². The van der Waals surface area contributed by atoms with Crippen molar-refractivity contribution in [2.24, 2.45) is 0 Å². The van der Waals surface area contributed by atoms with Crippen molar-refractivity contribution in [2.75, 3.05) is 0 Å². The summed E-state index contributed by atoms with van der Waals surface area (Å²) in [5.74, 6) is 0.0230. The second kappa shape index (κ2) is 5.28. The number of carbonyl (C=O) groups excluding carboxylic acids is 1. The molecule has 5 heteroatoms. The molecule has 0 aliphatic rings. The van der Waals surface area contributed by atoms with E-state index in [0.717, 1.165) is 16.6 Å². The number of hydrogen-bond acceptors (Lipinski definition) is 3. The van der Waals surface area contributed by atoms with E-state index < -0.39 is 0 Å². The molecule has 0 aliphatic carbocycles. The van der Waals surface area contributed by atoms with Crippen LogP contribution < -0.4 is 5.32 Å². The van der Waals surface area contributed by atoms with Gasteiger partial charge in [-0.2, -0.15) is 0 Å². The first-order valence-corrected chi connectivity index (χ1v) is 6.66. The van der Waals surface area contributed by atoms with E-state index in [9.17, 15) is 9.90 Å². The van der Waals surface area contributed by atoms with Crippen LogP contribution in [0.1, 0.15) is 28.9 Å². The van der Waals surface area contributed by atoms with Crippen LogP contribution in [-0.2, 0) is 0 Å². The molecule has 1 amide bonds. The minimum absolute atomic E-state index is 0.164. The largest absolute Gasteiger partial charge is 0.508 e. The van der Waals surface area contributed by atoms with Crippen LogP contribution in [0.15, 0.2) is 48.8 Å². The average molecular weight is 281 g/mol. The summed E-state index contributed by atoms with van der Waals surface area (Å²) in [5.41, 5.74) is 3.07. The third-order valence-corrected chi connectivity index (χ3v) is 3.40. The van der Waals surface area contributed by atoms with Crippen LogP contribution >= 0.6 is 0 Å². The lowest BCUT2D eigenvalue weighted by atomic mass is 10.1. The van der Waals surface area contributed by atoms with Crippen molar-refractivity contribution in [3.63, 3.8) is 0 Å². The summed E-state index contributed by atoms with van der Waals surface area (Å²) in [4.78, 5) is 19.4. The van der Waals surface area contributed by atoms with Crippen molar-refractivity contribution < 1.29 is 9.90 Å². The number of nitrogens with zero attached hydrogens (tertiary/aromatic N) is 1. The lowest BCUT2D eigenvalue weighted by Gasteiger charge is -2.14. The molecule has 3 rings (SSSR count). The molecular weight excluding hydrogens is 266 g/mol. The zero-order chi connectivity index (χ0) is 14.8. The number of rotatable bonds is 3. The maximum Gasteiger partial charge on any atom is 0.251 e. The molecule has 1 aromatic heterocycles. The number of fused-ring (bicyclic) bond motifs is 1. The molecule has 1 unspecified atom stereocenters. The van der Waals surface area contributed by atoms with E-state index in [1.165, 1.54) is 0 Å². The minimum atomic E-state index is -0.193. The summed E-state index contributed by atoms with van der Waals surface area (Å²) >= 11 is 0. The minimum Gasteiger partial charge on any atom is -0.508 e. The summed E-state index contributed by atoms with van der Waals surface area (Å²) in [6.45, 7) is 1.88. The van der Waals surface area contributed by atoms with Gasteiger partial charge < -0.3 is 15.4 Å². The van der Waals surface area contributed by atoms with Gasteiger partial charge in [-0.1, -0.05) is 12.1 Å². The molecule has 21 heavy (non-hydrogen) atoms. The Morgan fingerprint density at radius 2 is 2.14 bits per heavy atom. The van der Waals surface area contributed by atoms with Gasteiger partial charge in [-0.15, -0.1) is 0 Å². The number of phenolic OH excluding ortho intramolecular Hbond substituents is 1. The van der Waals surface area contributed by atoms with Crippen LogP contribution in [-0.4, -0.2) is 21.0 Å². The number of aromatic hydroxyl groups is 1. The molecule has 0 saturated heterocycles. The number of amides is 1. The molecule has 2 aromatic carbocycles. The number of nitrogens with one attached hydrogen (secondary N) is 2. The molecule has 0 radical (unpaired) electrons. The molecule has 3 N–H and O–H groups in total. The van der Waals surface area contributed by atoms with Gasteiger partial charge in [-0.25, -0.2) is 4.98 Å². The van der Waals surface area contributed by atoms with Gasteiger partial charge in [0.25, 0.3) is 5.91 Å². The zero-order valence-corrected chi connectivity index (χ0v) is 11.5. The van der Waals surface area contributed by atoms with Crippen molar-refractivity contribution in [3.05, 3.63) is 59.9 Å². The lowest BCUT2D eigenvalue weighted by molar-refractivity contribution is 0.0940. The Kier molecular flexibility index (Phi) is 3.31. The monoisotopic (exact) mass is 281 g/mol. The quantitative estimate of drug-likeness (QED) is 0.690. The van der Waals surface area contributed by atoms with E-state index in [1.807, 2.05) is 13.0 Å². The molecule has 1 atom stereocenters. The fraction of sp³-hybridized carbons (Fsp3) is 0.125. The van der Waals surface area contributed by atoms with E-state index in [4.69, 9.17) is 0 Å². The number of benzene rings is 2. The van der Waals surface area contributed by atoms with Gasteiger partial charge in [0.1, 0.15) is 5.75 Å². The topological polar surface area (TPSA) is 78.0 Å². The Bertz CT molecular complexity index is 795. The van der Waals surface area contributed by atoms with Gasteiger partial charge in [0, 0.05) is 5.56 Å². The maximum atomic E-state index is 12.3. The molecule has 0 spiro atoms. The van der Waals surface area contributed by atoms with E-state index in [-0.39, 0.29) is 17.7 Å². The first kappa shape index (κ1) is 13.2. The van der Waals surface area contributed by atoms with E-state index in [1.54, 1.807) is 42.7 Å². The van der Waals surface area contributed by atoms with Gasteiger partial charge >= 0.3 is 0 Å². The van der Waals surface area contributed by atoms with Crippen molar-refractivity contribution in [1.82, 2.24) is 15.3 Å². The van der Waals surface area contributed by atoms with Gasteiger partial charge in [0.2, 0.25) is 0 Å². The lowest BCUT2D eigenvalue weighted by Crippen LogP contribution is -2.26. The number of hydrogen-bond donors (Lipinski definition) is 3. The first-order chi connectivity index (χ1) is 10.1. The fourth-order valence-electron chi connectivity index (χ4n) is 2.23. The van der Waals surface area contributed by atoms with Crippen LogP contribution in [0.2, 0.25) is 0 Å². The summed E-state index contributed by atoms with van der Waals surface area (Å²) in [5, 5.41) is 12.4. The second-order valence-corrected chi connectivity index (χ2v) is 4.92. The summed E-state index contributed by atoms with van der Waals surface area (Å²) in [6.07, 6.45) is 1.60. The van der Waals surface area contributed by atoms with E-state index in [2.05, 4.69) is 15.3 Å². The molecule has 0 fully saturated rings. The first-order valence-electron chi connectivity index (χ1n) is 6.66. The van der Waals surface area contributed by atoms with Crippen LogP contribution in [0.25, 0.3) is 11.0 Å². The van der Waals surface area contributed by atoms with Gasteiger partial charge in [-0.05, 0) is 42.8 Å². The molecule has 0 aliphatic heterocycles. The molecule has 1 heterocycles. The predicted molar refractivity (Wildman–Crippen MR) is 80.1 cm³/mol. The highest BCUT2D eigenvalue weighted by Crippen LogP contribution is 2.19. The zero-order valence-electron chi connectivity index (χ0n) is 11.5. The van der Waals surface area contributed by atoms with E-state index >= 15 is 0 Å². The van der Waals surface area contributed by atoms with Gasteiger partial charge in [-0.3, -0.25) is 4.79 Å². The normalized spacial score (nSPS) is 12.2. The SMILES string of the molecule is CC(NC(=O)c1ccc2nc[nH]c2c1)c1cccc(O)c1. The van der Waals surface area contributed by atoms with Crippen molar-refractivity contribution >= 4 is 16.9 Å². The molecule has 3 aromatic rings. The fourth-order valence-corrected chi connectivity index (χ4v) is 2.23. The predicted octanol–water partition coefficient (Wildman–Crippen LogP) is 2.76. The number of phenols is 1. The number of imidazole rings is 1. The molecule has 0 bridgehead atoms. The average Bonchev–Trinajstić information content (AvgIpc) is 2.94. The molecule has 0 saturated carbocycles. The Labute approximate surface area is 121 Å². The van der Waals surface area contributed by atoms with Crippen molar-refractivity contribution in [2.45, 2.75) is 13.0 Å². The molecular formula is C16H15N3O2. The van der Waals surface area contributed by atoms with E-state index in [0.29, 0.717) is 5.56 Å². The third-order valence-electron chi connectivity index (χ3n) is 3.40. The number of aromatic nitrogens is 2. The van der Waals surface area contributed by atoms with Crippen molar-refractivity contribution in [1.29, 1.82) is 0 Å².